The molecule has 1 heterocycles. The Morgan fingerprint density at radius 2 is 1.92 bits per heavy atom. The van der Waals surface area contributed by atoms with Crippen molar-refractivity contribution in [2.45, 2.75) is 12.6 Å². The van der Waals surface area contributed by atoms with Crippen LogP contribution in [0.4, 0.5) is 0 Å². The maximum atomic E-state index is 5.92. The van der Waals surface area contributed by atoms with E-state index in [1.54, 1.807) is 0 Å². The van der Waals surface area contributed by atoms with E-state index in [2.05, 4.69) is 15.4 Å². The molecule has 0 aliphatic carbocycles. The predicted molar refractivity (Wildman–Crippen MR) is 50.4 cm³/mol. The van der Waals surface area contributed by atoms with Gasteiger partial charge in [0.15, 0.2) is 5.66 Å². The molecular weight excluding hydrogens is 164 g/mol. The molecule has 0 bridgehead atoms. The van der Waals surface area contributed by atoms with Crippen LogP contribution in [-0.2, 0) is 5.66 Å². The highest BCUT2D eigenvalue weighted by atomic mass is 15.4. The second-order valence-electron chi connectivity index (χ2n) is 3.13. The zero-order valence-corrected chi connectivity index (χ0v) is 7.31. The Morgan fingerprint density at radius 3 is 2.46 bits per heavy atom. The third-order valence-corrected chi connectivity index (χ3v) is 2.03. The summed E-state index contributed by atoms with van der Waals surface area (Å²) in [5, 5.41) is 11.0. The summed E-state index contributed by atoms with van der Waals surface area (Å²) in [5.74, 6) is 0. The summed E-state index contributed by atoms with van der Waals surface area (Å²) in [6, 6.07) is 7.86. The molecule has 0 fully saturated rings. The fourth-order valence-corrected chi connectivity index (χ4v) is 1.19. The zero-order valence-electron chi connectivity index (χ0n) is 7.31. The summed E-state index contributed by atoms with van der Waals surface area (Å²) in [6.07, 6.45) is 1.54. The van der Waals surface area contributed by atoms with Gasteiger partial charge < -0.3 is 0 Å². The van der Waals surface area contributed by atoms with Crippen LogP contribution < -0.4 is 5.73 Å². The van der Waals surface area contributed by atoms with Crippen molar-refractivity contribution < 1.29 is 0 Å². The molecule has 0 saturated carbocycles. The standard InChI is InChI=1S/C9H10N4/c1-7-2-4-8(5-3-7)9(10)6-11-13-12-9/h2-6H,10H2,1H3. The Kier molecular flexibility index (Phi) is 1.70. The van der Waals surface area contributed by atoms with E-state index in [0.717, 1.165) is 5.56 Å². The summed E-state index contributed by atoms with van der Waals surface area (Å²) in [7, 11) is 0. The van der Waals surface area contributed by atoms with Gasteiger partial charge in [-0.2, -0.15) is 0 Å². The molecule has 0 spiro atoms. The number of hydrogen-bond donors (Lipinski definition) is 1. The van der Waals surface area contributed by atoms with E-state index in [4.69, 9.17) is 5.73 Å². The van der Waals surface area contributed by atoms with E-state index < -0.39 is 5.66 Å². The van der Waals surface area contributed by atoms with Crippen molar-refractivity contribution in [1.29, 1.82) is 0 Å². The number of nitrogens with zero attached hydrogens (tertiary/aromatic N) is 3. The second-order valence-corrected chi connectivity index (χ2v) is 3.13. The van der Waals surface area contributed by atoms with Gasteiger partial charge in [0.25, 0.3) is 0 Å². The van der Waals surface area contributed by atoms with Crippen LogP contribution in [0.5, 0.6) is 0 Å². The van der Waals surface area contributed by atoms with Gasteiger partial charge in [0.2, 0.25) is 0 Å². The highest BCUT2D eigenvalue weighted by molar-refractivity contribution is 5.73. The third-order valence-electron chi connectivity index (χ3n) is 2.03. The lowest BCUT2D eigenvalue weighted by Gasteiger charge is -2.14. The Balaban J connectivity index is 2.41. The molecule has 1 atom stereocenters. The maximum Gasteiger partial charge on any atom is 0.194 e. The van der Waals surface area contributed by atoms with Gasteiger partial charge in [-0.3, -0.25) is 5.73 Å². The predicted octanol–water partition coefficient (Wildman–Crippen LogP) is 1.56. The Morgan fingerprint density at radius 1 is 1.23 bits per heavy atom. The van der Waals surface area contributed by atoms with Gasteiger partial charge in [-0.25, -0.2) is 0 Å². The Hall–Kier alpha value is -1.55. The second kappa shape index (κ2) is 2.74. The van der Waals surface area contributed by atoms with Crippen molar-refractivity contribution in [3.63, 3.8) is 0 Å². The SMILES string of the molecule is Cc1ccc(C2(N)C=NN=N2)cc1. The summed E-state index contributed by atoms with van der Waals surface area (Å²) < 4.78 is 0. The largest absolute Gasteiger partial charge is 0.297 e. The molecule has 66 valence electrons. The van der Waals surface area contributed by atoms with E-state index in [0.29, 0.717) is 0 Å². The van der Waals surface area contributed by atoms with Crippen LogP contribution in [0.2, 0.25) is 0 Å². The fraction of sp³-hybridized carbons (Fsp3) is 0.222. The van der Waals surface area contributed by atoms with Gasteiger partial charge in [0, 0.05) is 5.56 Å². The highest BCUT2D eigenvalue weighted by Gasteiger charge is 2.27. The lowest BCUT2D eigenvalue weighted by molar-refractivity contribution is 0.635. The maximum absolute atomic E-state index is 5.92. The highest BCUT2D eigenvalue weighted by Crippen LogP contribution is 2.21. The van der Waals surface area contributed by atoms with Crippen molar-refractivity contribution in [3.05, 3.63) is 35.4 Å². The van der Waals surface area contributed by atoms with Crippen LogP contribution in [0, 0.1) is 6.92 Å². The minimum Gasteiger partial charge on any atom is -0.297 e. The quantitative estimate of drug-likeness (QED) is 0.689. The van der Waals surface area contributed by atoms with Crippen molar-refractivity contribution >= 4 is 6.21 Å². The third kappa shape index (κ3) is 1.36. The van der Waals surface area contributed by atoms with Gasteiger partial charge in [0.1, 0.15) is 0 Å². The minimum atomic E-state index is -0.853. The monoisotopic (exact) mass is 174 g/mol. The first-order chi connectivity index (χ1) is 6.21. The van der Waals surface area contributed by atoms with Crippen LogP contribution in [0.25, 0.3) is 0 Å². The normalized spacial score (nSPS) is 25.4. The van der Waals surface area contributed by atoms with Crippen LogP contribution in [0.15, 0.2) is 39.7 Å². The van der Waals surface area contributed by atoms with Crippen molar-refractivity contribution in [3.8, 4) is 0 Å². The summed E-state index contributed by atoms with van der Waals surface area (Å²) >= 11 is 0. The lowest BCUT2D eigenvalue weighted by atomic mass is 10.0. The molecule has 1 unspecified atom stereocenters. The summed E-state index contributed by atoms with van der Waals surface area (Å²) in [5.41, 5.74) is 7.17. The van der Waals surface area contributed by atoms with E-state index in [-0.39, 0.29) is 0 Å². The smallest absolute Gasteiger partial charge is 0.194 e. The van der Waals surface area contributed by atoms with Gasteiger partial charge in [-0.05, 0) is 12.1 Å². The van der Waals surface area contributed by atoms with E-state index in [1.165, 1.54) is 11.8 Å². The Bertz CT molecular complexity index is 352. The fourth-order valence-electron chi connectivity index (χ4n) is 1.19. The van der Waals surface area contributed by atoms with E-state index in [9.17, 15) is 0 Å². The topological polar surface area (TPSA) is 63.1 Å². The van der Waals surface area contributed by atoms with Gasteiger partial charge in [0.05, 0.1) is 6.21 Å². The van der Waals surface area contributed by atoms with Crippen molar-refractivity contribution in [1.82, 2.24) is 0 Å². The van der Waals surface area contributed by atoms with Crippen LogP contribution in [0.3, 0.4) is 0 Å². The number of rotatable bonds is 1. The molecule has 0 amide bonds. The first-order valence-electron chi connectivity index (χ1n) is 4.03. The molecule has 2 N–H and O–H groups in total. The molecule has 2 rings (SSSR count). The summed E-state index contributed by atoms with van der Waals surface area (Å²) in [6.45, 7) is 2.03. The average molecular weight is 174 g/mol. The molecule has 1 aromatic rings. The van der Waals surface area contributed by atoms with E-state index >= 15 is 0 Å². The molecule has 4 nitrogen and oxygen atoms in total. The molecular formula is C9H10N4. The molecule has 1 aliphatic rings. The molecule has 13 heavy (non-hydrogen) atoms. The molecule has 0 radical (unpaired) electrons. The van der Waals surface area contributed by atoms with E-state index in [1.807, 2.05) is 31.2 Å². The van der Waals surface area contributed by atoms with Crippen LogP contribution in [-0.4, -0.2) is 6.21 Å². The zero-order chi connectivity index (χ0) is 9.31. The van der Waals surface area contributed by atoms with Gasteiger partial charge >= 0.3 is 0 Å². The molecule has 1 aromatic carbocycles. The van der Waals surface area contributed by atoms with Crippen LogP contribution >= 0.6 is 0 Å². The van der Waals surface area contributed by atoms with Gasteiger partial charge in [-0.1, -0.05) is 29.8 Å². The van der Waals surface area contributed by atoms with Crippen LogP contribution in [0.1, 0.15) is 11.1 Å². The first-order valence-corrected chi connectivity index (χ1v) is 4.03. The van der Waals surface area contributed by atoms with Gasteiger partial charge in [-0.15, -0.1) is 10.2 Å². The molecule has 0 saturated heterocycles. The average Bonchev–Trinajstić information content (AvgIpc) is 2.54. The summed E-state index contributed by atoms with van der Waals surface area (Å²) in [4.78, 5) is 0. The van der Waals surface area contributed by atoms with Crippen molar-refractivity contribution in [2.75, 3.05) is 0 Å². The number of aryl methyl sites for hydroxylation is 1. The minimum absolute atomic E-state index is 0.853. The van der Waals surface area contributed by atoms with Crippen molar-refractivity contribution in [2.24, 2.45) is 21.2 Å². The number of benzene rings is 1. The molecule has 1 aliphatic heterocycles. The molecule has 0 aromatic heterocycles. The molecule has 4 heteroatoms. The first kappa shape index (κ1) is 8.07. The number of hydrogen-bond acceptors (Lipinski definition) is 4. The number of nitrogens with two attached hydrogens (primary N) is 1. The Labute approximate surface area is 76.2 Å². The lowest BCUT2D eigenvalue weighted by Crippen LogP contribution is -2.34.